The Morgan fingerprint density at radius 1 is 1.41 bits per heavy atom. The molecule has 17 heavy (non-hydrogen) atoms. The van der Waals surface area contributed by atoms with E-state index in [1.165, 1.54) is 13.0 Å². The first-order valence-electron chi connectivity index (χ1n) is 6.30. The van der Waals surface area contributed by atoms with Crippen LogP contribution in [0.1, 0.15) is 30.9 Å². The second-order valence-electron chi connectivity index (χ2n) is 4.82. The molecule has 1 nitrogen and oxygen atoms in total. The quantitative estimate of drug-likeness (QED) is 0.849. The van der Waals surface area contributed by atoms with Gasteiger partial charge in [-0.25, -0.2) is 8.78 Å². The largest absolute Gasteiger partial charge is 0.316 e. The fraction of sp³-hybridized carbons (Fsp3) is 0.571. The minimum atomic E-state index is -2.69. The van der Waals surface area contributed by atoms with E-state index < -0.39 is 5.92 Å². The number of hydrogen-bond donors (Lipinski definition) is 1. The van der Waals surface area contributed by atoms with Crippen molar-refractivity contribution in [2.24, 2.45) is 5.92 Å². The Kier molecular flexibility index (Phi) is 3.77. The smallest absolute Gasteiger partial charge is 0.273 e. The second kappa shape index (κ2) is 5.13. The van der Waals surface area contributed by atoms with Crippen LogP contribution in [0, 0.1) is 5.92 Å². The van der Waals surface area contributed by atoms with Gasteiger partial charge in [0, 0.05) is 12.0 Å². The van der Waals surface area contributed by atoms with Gasteiger partial charge in [0.2, 0.25) is 0 Å². The van der Waals surface area contributed by atoms with Gasteiger partial charge < -0.3 is 5.32 Å². The summed E-state index contributed by atoms with van der Waals surface area (Å²) in [6.07, 6.45) is 1.91. The van der Waals surface area contributed by atoms with Gasteiger partial charge in [-0.3, -0.25) is 0 Å². The molecule has 1 N–H and O–H groups in total. The standard InChI is InChI=1S/C14H19F2N/c1-2-14(15,16)13-5-3-4-11(9-13)8-12-6-7-17-10-12/h3-5,9,12,17H,2,6-8,10H2,1H3. The zero-order valence-electron chi connectivity index (χ0n) is 10.2. The molecule has 1 fully saturated rings. The van der Waals surface area contributed by atoms with Crippen LogP contribution in [0.5, 0.6) is 0 Å². The highest BCUT2D eigenvalue weighted by Crippen LogP contribution is 2.32. The summed E-state index contributed by atoms with van der Waals surface area (Å²) in [6, 6.07) is 6.89. The first-order chi connectivity index (χ1) is 8.12. The summed E-state index contributed by atoms with van der Waals surface area (Å²) in [5.41, 5.74) is 1.19. The minimum absolute atomic E-state index is 0.137. The maximum absolute atomic E-state index is 13.6. The van der Waals surface area contributed by atoms with Crippen molar-refractivity contribution in [1.82, 2.24) is 5.32 Å². The van der Waals surface area contributed by atoms with Gasteiger partial charge in [0.15, 0.2) is 0 Å². The molecule has 2 rings (SSSR count). The third kappa shape index (κ3) is 3.03. The van der Waals surface area contributed by atoms with Gasteiger partial charge in [0.05, 0.1) is 0 Å². The molecule has 3 heteroatoms. The number of alkyl halides is 2. The van der Waals surface area contributed by atoms with E-state index in [4.69, 9.17) is 0 Å². The Morgan fingerprint density at radius 2 is 2.24 bits per heavy atom. The molecule has 94 valence electrons. The zero-order valence-corrected chi connectivity index (χ0v) is 10.2. The molecule has 1 atom stereocenters. The number of hydrogen-bond acceptors (Lipinski definition) is 1. The highest BCUT2D eigenvalue weighted by atomic mass is 19.3. The third-order valence-corrected chi connectivity index (χ3v) is 3.48. The van der Waals surface area contributed by atoms with Crippen molar-refractivity contribution >= 4 is 0 Å². The molecule has 1 aromatic rings. The summed E-state index contributed by atoms with van der Waals surface area (Å²) < 4.78 is 27.1. The second-order valence-corrected chi connectivity index (χ2v) is 4.82. The summed E-state index contributed by atoms with van der Waals surface area (Å²) in [6.45, 7) is 3.58. The predicted molar refractivity (Wildman–Crippen MR) is 65.3 cm³/mol. The first kappa shape index (κ1) is 12.5. The molecule has 0 radical (unpaired) electrons. The molecule has 0 saturated carbocycles. The number of halogens is 2. The molecule has 0 aromatic heterocycles. The van der Waals surface area contributed by atoms with Crippen LogP contribution >= 0.6 is 0 Å². The van der Waals surface area contributed by atoms with Crippen LogP contribution < -0.4 is 5.32 Å². The van der Waals surface area contributed by atoms with Gasteiger partial charge in [-0.2, -0.15) is 0 Å². The topological polar surface area (TPSA) is 12.0 Å². The van der Waals surface area contributed by atoms with Crippen LogP contribution in [-0.4, -0.2) is 13.1 Å². The van der Waals surface area contributed by atoms with Crippen LogP contribution in [0.2, 0.25) is 0 Å². The molecule has 1 heterocycles. The van der Waals surface area contributed by atoms with E-state index in [-0.39, 0.29) is 12.0 Å². The van der Waals surface area contributed by atoms with Gasteiger partial charge in [-0.05, 0) is 43.5 Å². The lowest BCUT2D eigenvalue weighted by Crippen LogP contribution is -2.13. The summed E-state index contributed by atoms with van der Waals surface area (Å²) in [7, 11) is 0. The lowest BCUT2D eigenvalue weighted by atomic mass is 9.95. The third-order valence-electron chi connectivity index (χ3n) is 3.48. The summed E-state index contributed by atoms with van der Waals surface area (Å²) in [4.78, 5) is 0. The molecule has 0 bridgehead atoms. The normalized spacial score (nSPS) is 20.8. The van der Waals surface area contributed by atoms with Crippen LogP contribution in [0.3, 0.4) is 0 Å². The zero-order chi connectivity index (χ0) is 12.3. The van der Waals surface area contributed by atoms with E-state index >= 15 is 0 Å². The van der Waals surface area contributed by atoms with Crippen LogP contribution in [0.4, 0.5) is 8.78 Å². The van der Waals surface area contributed by atoms with E-state index in [1.807, 2.05) is 6.07 Å². The molecule has 1 saturated heterocycles. The fourth-order valence-electron chi connectivity index (χ4n) is 2.35. The van der Waals surface area contributed by atoms with Gasteiger partial charge >= 0.3 is 0 Å². The van der Waals surface area contributed by atoms with E-state index in [0.29, 0.717) is 5.92 Å². The molecule has 1 aromatic carbocycles. The monoisotopic (exact) mass is 239 g/mol. The number of nitrogens with one attached hydrogen (secondary N) is 1. The van der Waals surface area contributed by atoms with Crippen LogP contribution in [-0.2, 0) is 12.3 Å². The predicted octanol–water partition coefficient (Wildman–Crippen LogP) is 3.34. The summed E-state index contributed by atoms with van der Waals surface area (Å²) in [5.74, 6) is -2.09. The molecule has 0 aliphatic carbocycles. The van der Waals surface area contributed by atoms with E-state index in [9.17, 15) is 8.78 Å². The Hall–Kier alpha value is -0.960. The highest BCUT2D eigenvalue weighted by Gasteiger charge is 2.29. The maximum atomic E-state index is 13.6. The molecule has 1 aliphatic rings. The average molecular weight is 239 g/mol. The van der Waals surface area contributed by atoms with Crippen LogP contribution in [0.25, 0.3) is 0 Å². The SMILES string of the molecule is CCC(F)(F)c1cccc(CC2CCNC2)c1. The Bertz CT molecular complexity index is 370. The Labute approximate surface area is 101 Å². The maximum Gasteiger partial charge on any atom is 0.273 e. The van der Waals surface area contributed by atoms with Crippen LogP contribution in [0.15, 0.2) is 24.3 Å². The number of benzene rings is 1. The average Bonchev–Trinajstić information content (AvgIpc) is 2.82. The molecule has 1 aliphatic heterocycles. The first-order valence-corrected chi connectivity index (χ1v) is 6.30. The van der Waals surface area contributed by atoms with E-state index in [0.717, 1.165) is 31.5 Å². The van der Waals surface area contributed by atoms with Gasteiger partial charge in [0.1, 0.15) is 0 Å². The highest BCUT2D eigenvalue weighted by molar-refractivity contribution is 5.27. The number of rotatable bonds is 4. The molecule has 0 spiro atoms. The molecular formula is C14H19F2N. The Morgan fingerprint density at radius 3 is 2.88 bits per heavy atom. The molecule has 1 unspecified atom stereocenters. The van der Waals surface area contributed by atoms with Crippen molar-refractivity contribution in [3.05, 3.63) is 35.4 Å². The lowest BCUT2D eigenvalue weighted by Gasteiger charge is -2.16. The molecule has 0 amide bonds. The summed E-state index contributed by atoms with van der Waals surface area (Å²) >= 11 is 0. The van der Waals surface area contributed by atoms with Gasteiger partial charge in [0.25, 0.3) is 5.92 Å². The van der Waals surface area contributed by atoms with Crippen molar-refractivity contribution in [2.75, 3.05) is 13.1 Å². The van der Waals surface area contributed by atoms with Crippen molar-refractivity contribution in [3.8, 4) is 0 Å². The van der Waals surface area contributed by atoms with Crippen molar-refractivity contribution in [2.45, 2.75) is 32.1 Å². The summed E-state index contributed by atoms with van der Waals surface area (Å²) in [5, 5.41) is 3.30. The lowest BCUT2D eigenvalue weighted by molar-refractivity contribution is -0.00836. The fourth-order valence-corrected chi connectivity index (χ4v) is 2.35. The van der Waals surface area contributed by atoms with Gasteiger partial charge in [-0.15, -0.1) is 0 Å². The minimum Gasteiger partial charge on any atom is -0.316 e. The Balaban J connectivity index is 2.10. The van der Waals surface area contributed by atoms with E-state index in [2.05, 4.69) is 5.32 Å². The van der Waals surface area contributed by atoms with E-state index in [1.54, 1.807) is 12.1 Å². The van der Waals surface area contributed by atoms with Crippen molar-refractivity contribution in [1.29, 1.82) is 0 Å². The van der Waals surface area contributed by atoms with Crippen molar-refractivity contribution < 1.29 is 8.78 Å². The van der Waals surface area contributed by atoms with Gasteiger partial charge in [-0.1, -0.05) is 25.1 Å². The molecular weight excluding hydrogens is 220 g/mol. The van der Waals surface area contributed by atoms with Crippen molar-refractivity contribution in [3.63, 3.8) is 0 Å².